The second-order valence-corrected chi connectivity index (χ2v) is 6.16. The Morgan fingerprint density at radius 1 is 1.00 bits per heavy atom. The summed E-state index contributed by atoms with van der Waals surface area (Å²) in [5, 5.41) is 1.33. The molecule has 0 heterocycles. The molecule has 2 rings (SSSR count). The molecule has 0 radical (unpaired) electrons. The van der Waals surface area contributed by atoms with Crippen molar-refractivity contribution < 1.29 is 0 Å². The van der Waals surface area contributed by atoms with Gasteiger partial charge in [0.2, 0.25) is 0 Å². The molecule has 0 amide bonds. The smallest absolute Gasteiger partial charge is 0.0453 e. The van der Waals surface area contributed by atoms with Gasteiger partial charge in [-0.1, -0.05) is 60.5 Å². The van der Waals surface area contributed by atoms with E-state index in [1.165, 1.54) is 5.56 Å². The lowest BCUT2D eigenvalue weighted by Crippen LogP contribution is -2.35. The van der Waals surface area contributed by atoms with Crippen molar-refractivity contribution in [3.8, 4) is 0 Å². The van der Waals surface area contributed by atoms with E-state index in [1.807, 2.05) is 25.1 Å². The van der Waals surface area contributed by atoms with Crippen LogP contribution < -0.4 is 5.73 Å². The molecule has 2 aromatic rings. The molecular formula is C17H19Cl2N. The lowest BCUT2D eigenvalue weighted by molar-refractivity contribution is 0.491. The summed E-state index contributed by atoms with van der Waals surface area (Å²) in [5.74, 6) is 0. The average molecular weight is 308 g/mol. The Labute approximate surface area is 130 Å². The van der Waals surface area contributed by atoms with Gasteiger partial charge in [-0.3, -0.25) is 0 Å². The van der Waals surface area contributed by atoms with Crippen molar-refractivity contribution in [2.75, 3.05) is 0 Å². The third-order valence-corrected chi connectivity index (χ3v) is 4.34. The second-order valence-electron chi connectivity index (χ2n) is 5.34. The molecule has 0 bridgehead atoms. The topological polar surface area (TPSA) is 26.0 Å². The van der Waals surface area contributed by atoms with Crippen LogP contribution in [0.4, 0.5) is 0 Å². The number of hydrogen-bond donors (Lipinski definition) is 1. The number of benzene rings is 2. The zero-order valence-corrected chi connectivity index (χ0v) is 13.3. The van der Waals surface area contributed by atoms with Crippen molar-refractivity contribution in [1.29, 1.82) is 0 Å². The molecule has 0 fully saturated rings. The van der Waals surface area contributed by atoms with Crippen LogP contribution in [0.2, 0.25) is 10.0 Å². The van der Waals surface area contributed by atoms with E-state index in [9.17, 15) is 0 Å². The van der Waals surface area contributed by atoms with E-state index in [0.717, 1.165) is 17.5 Å². The molecule has 3 heteroatoms. The van der Waals surface area contributed by atoms with Crippen molar-refractivity contribution in [2.45, 2.75) is 32.2 Å². The second kappa shape index (κ2) is 6.17. The predicted molar refractivity (Wildman–Crippen MR) is 87.5 cm³/mol. The fourth-order valence-electron chi connectivity index (χ4n) is 2.29. The Hall–Kier alpha value is -1.02. The fraction of sp³-hybridized carbons (Fsp3) is 0.294. The van der Waals surface area contributed by atoms with Gasteiger partial charge in [-0.15, -0.1) is 0 Å². The summed E-state index contributed by atoms with van der Waals surface area (Å²) in [4.78, 5) is 0. The number of halogens is 2. The highest BCUT2D eigenvalue weighted by Gasteiger charge is 2.24. The lowest BCUT2D eigenvalue weighted by Gasteiger charge is -2.26. The van der Waals surface area contributed by atoms with Gasteiger partial charge in [0, 0.05) is 15.6 Å². The highest BCUT2D eigenvalue weighted by Crippen LogP contribution is 2.31. The molecule has 2 N–H and O–H groups in total. The highest BCUT2D eigenvalue weighted by atomic mass is 35.5. The van der Waals surface area contributed by atoms with Crippen LogP contribution in [0.5, 0.6) is 0 Å². The Morgan fingerprint density at radius 2 is 1.55 bits per heavy atom. The van der Waals surface area contributed by atoms with E-state index < -0.39 is 5.54 Å². The summed E-state index contributed by atoms with van der Waals surface area (Å²) < 4.78 is 0. The van der Waals surface area contributed by atoms with Crippen LogP contribution in [0.25, 0.3) is 0 Å². The van der Waals surface area contributed by atoms with Crippen molar-refractivity contribution in [3.05, 3.63) is 69.2 Å². The molecule has 0 aliphatic heterocycles. The zero-order valence-electron chi connectivity index (χ0n) is 11.8. The summed E-state index contributed by atoms with van der Waals surface area (Å²) in [5.41, 5.74) is 9.28. The fourth-order valence-corrected chi connectivity index (χ4v) is 2.82. The van der Waals surface area contributed by atoms with E-state index in [1.54, 1.807) is 0 Å². The quantitative estimate of drug-likeness (QED) is 0.847. The van der Waals surface area contributed by atoms with E-state index in [0.29, 0.717) is 16.5 Å². The number of nitrogens with two attached hydrogens (primary N) is 1. The molecule has 0 saturated carbocycles. The first-order valence-electron chi connectivity index (χ1n) is 6.75. The van der Waals surface area contributed by atoms with Crippen LogP contribution in [-0.4, -0.2) is 0 Å². The molecule has 2 aromatic carbocycles. The van der Waals surface area contributed by atoms with Gasteiger partial charge in [0.05, 0.1) is 0 Å². The zero-order chi connectivity index (χ0) is 14.8. The van der Waals surface area contributed by atoms with E-state index >= 15 is 0 Å². The predicted octanol–water partition coefficient (Wildman–Crippen LogP) is 4.97. The summed E-state index contributed by atoms with van der Waals surface area (Å²) >= 11 is 12.5. The normalized spacial score (nSPS) is 14.1. The standard InChI is InChI=1S/C17H19Cl2N/c1-3-12-7-9-13(10-8-12)17(2,20)11-14-15(18)5-4-6-16(14)19/h4-10H,3,11,20H2,1-2H3. The maximum absolute atomic E-state index is 6.48. The summed E-state index contributed by atoms with van der Waals surface area (Å²) in [6.45, 7) is 4.15. The largest absolute Gasteiger partial charge is 0.321 e. The van der Waals surface area contributed by atoms with Crippen LogP contribution in [0.1, 0.15) is 30.5 Å². The molecule has 0 spiro atoms. The Morgan fingerprint density at radius 3 is 2.05 bits per heavy atom. The lowest BCUT2D eigenvalue weighted by atomic mass is 9.86. The first kappa shape index (κ1) is 15.4. The highest BCUT2D eigenvalue weighted by molar-refractivity contribution is 6.36. The third kappa shape index (κ3) is 3.35. The number of hydrogen-bond acceptors (Lipinski definition) is 1. The van der Waals surface area contributed by atoms with Gasteiger partial charge in [0.25, 0.3) is 0 Å². The van der Waals surface area contributed by atoms with Crippen molar-refractivity contribution in [2.24, 2.45) is 5.73 Å². The van der Waals surface area contributed by atoms with Crippen LogP contribution >= 0.6 is 23.2 Å². The van der Waals surface area contributed by atoms with Crippen LogP contribution in [-0.2, 0) is 18.4 Å². The first-order valence-corrected chi connectivity index (χ1v) is 7.51. The molecule has 0 aromatic heterocycles. The maximum Gasteiger partial charge on any atom is 0.0453 e. The Balaban J connectivity index is 2.30. The molecule has 0 aliphatic rings. The van der Waals surface area contributed by atoms with Crippen molar-refractivity contribution >= 4 is 23.2 Å². The molecular weight excluding hydrogens is 289 g/mol. The minimum Gasteiger partial charge on any atom is -0.321 e. The molecule has 1 unspecified atom stereocenters. The van der Waals surface area contributed by atoms with Gasteiger partial charge in [-0.2, -0.15) is 0 Å². The first-order chi connectivity index (χ1) is 9.44. The third-order valence-electron chi connectivity index (χ3n) is 3.63. The van der Waals surface area contributed by atoms with Gasteiger partial charge in [0.15, 0.2) is 0 Å². The van der Waals surface area contributed by atoms with E-state index in [4.69, 9.17) is 28.9 Å². The molecule has 106 valence electrons. The Kier molecular flexibility index (Phi) is 4.74. The molecule has 0 aliphatic carbocycles. The number of rotatable bonds is 4. The van der Waals surface area contributed by atoms with Gasteiger partial charge in [0.1, 0.15) is 0 Å². The maximum atomic E-state index is 6.48. The van der Waals surface area contributed by atoms with Crippen LogP contribution in [0, 0.1) is 0 Å². The molecule has 1 atom stereocenters. The van der Waals surface area contributed by atoms with Crippen LogP contribution in [0.15, 0.2) is 42.5 Å². The minimum atomic E-state index is -0.499. The van der Waals surface area contributed by atoms with Crippen LogP contribution in [0.3, 0.4) is 0 Å². The average Bonchev–Trinajstić information content (AvgIpc) is 2.43. The van der Waals surface area contributed by atoms with Gasteiger partial charge >= 0.3 is 0 Å². The van der Waals surface area contributed by atoms with Crippen molar-refractivity contribution in [3.63, 3.8) is 0 Å². The molecule has 1 nitrogen and oxygen atoms in total. The summed E-state index contributed by atoms with van der Waals surface area (Å²) in [7, 11) is 0. The van der Waals surface area contributed by atoms with Gasteiger partial charge in [-0.25, -0.2) is 0 Å². The monoisotopic (exact) mass is 307 g/mol. The van der Waals surface area contributed by atoms with E-state index in [2.05, 4.69) is 31.2 Å². The van der Waals surface area contributed by atoms with Crippen molar-refractivity contribution in [1.82, 2.24) is 0 Å². The summed E-state index contributed by atoms with van der Waals surface area (Å²) in [6, 6.07) is 14.0. The molecule has 20 heavy (non-hydrogen) atoms. The SMILES string of the molecule is CCc1ccc(C(C)(N)Cc2c(Cl)cccc2Cl)cc1. The van der Waals surface area contributed by atoms with Gasteiger partial charge < -0.3 is 5.73 Å². The molecule has 0 saturated heterocycles. The summed E-state index contributed by atoms with van der Waals surface area (Å²) in [6.07, 6.45) is 1.63. The van der Waals surface area contributed by atoms with E-state index in [-0.39, 0.29) is 0 Å². The Bertz CT molecular complexity index is 568. The number of aryl methyl sites for hydroxylation is 1. The van der Waals surface area contributed by atoms with Gasteiger partial charge in [-0.05, 0) is 48.6 Å². The minimum absolute atomic E-state index is 0.499.